The number of amides is 4. The molecule has 0 bridgehead atoms. The summed E-state index contributed by atoms with van der Waals surface area (Å²) < 4.78 is 10.2. The maximum absolute atomic E-state index is 12.5. The molecule has 31 heavy (non-hydrogen) atoms. The first kappa shape index (κ1) is 22.5. The first-order valence-electron chi connectivity index (χ1n) is 10.1. The quantitative estimate of drug-likeness (QED) is 0.581. The van der Waals surface area contributed by atoms with Gasteiger partial charge in [0.2, 0.25) is 0 Å². The molecule has 1 saturated carbocycles. The number of carbonyl (C=O) groups excluding carboxylic acids is 4. The van der Waals surface area contributed by atoms with Gasteiger partial charge in [-0.05, 0) is 50.5 Å². The van der Waals surface area contributed by atoms with Crippen LogP contribution in [-0.2, 0) is 9.53 Å². The van der Waals surface area contributed by atoms with Gasteiger partial charge in [-0.2, -0.15) is 0 Å². The zero-order chi connectivity index (χ0) is 22.4. The molecule has 9 nitrogen and oxygen atoms in total. The second kappa shape index (κ2) is 10.3. The fraction of sp³-hybridized carbons (Fsp3) is 0.429. The second-order valence-electron chi connectivity index (χ2n) is 7.40. The third kappa shape index (κ3) is 6.17. The fourth-order valence-corrected chi connectivity index (χ4v) is 4.23. The highest BCUT2D eigenvalue weighted by molar-refractivity contribution is 7.18. The minimum atomic E-state index is -1.16. The smallest absolute Gasteiger partial charge is 0.349 e. The SMILES string of the molecule is Cc1cc(NC(=O)c2ccco2)sc1C(=O)OC(C)C(=O)NC(=O)NC1CCCCC1. The van der Waals surface area contributed by atoms with Crippen molar-refractivity contribution in [2.75, 3.05) is 5.32 Å². The molecule has 1 aliphatic carbocycles. The Labute approximate surface area is 183 Å². The van der Waals surface area contributed by atoms with Crippen molar-refractivity contribution in [2.45, 2.75) is 58.1 Å². The molecule has 0 aliphatic heterocycles. The molecule has 1 fully saturated rings. The van der Waals surface area contributed by atoms with E-state index in [1.165, 1.54) is 19.3 Å². The van der Waals surface area contributed by atoms with E-state index in [9.17, 15) is 19.2 Å². The Hall–Kier alpha value is -3.14. The zero-order valence-corrected chi connectivity index (χ0v) is 18.2. The number of furan rings is 1. The number of thiophene rings is 1. The van der Waals surface area contributed by atoms with Crippen LogP contribution in [0.5, 0.6) is 0 Å². The van der Waals surface area contributed by atoms with Crippen molar-refractivity contribution in [3.63, 3.8) is 0 Å². The van der Waals surface area contributed by atoms with Gasteiger partial charge in [0.05, 0.1) is 11.3 Å². The summed E-state index contributed by atoms with van der Waals surface area (Å²) in [5.74, 6) is -1.71. The van der Waals surface area contributed by atoms with Gasteiger partial charge in [0.15, 0.2) is 11.9 Å². The first-order valence-corrected chi connectivity index (χ1v) is 10.9. The van der Waals surface area contributed by atoms with E-state index in [1.54, 1.807) is 19.1 Å². The van der Waals surface area contributed by atoms with Gasteiger partial charge in [-0.3, -0.25) is 14.9 Å². The van der Waals surface area contributed by atoms with Gasteiger partial charge in [-0.1, -0.05) is 19.3 Å². The lowest BCUT2D eigenvalue weighted by molar-refractivity contribution is -0.127. The number of urea groups is 1. The Balaban J connectivity index is 1.51. The normalized spacial score (nSPS) is 15.0. The third-order valence-corrected chi connectivity index (χ3v) is 6.05. The minimum absolute atomic E-state index is 0.0583. The van der Waals surface area contributed by atoms with Gasteiger partial charge in [-0.15, -0.1) is 11.3 Å². The molecule has 10 heteroatoms. The van der Waals surface area contributed by atoms with Gasteiger partial charge in [0.25, 0.3) is 11.8 Å². The van der Waals surface area contributed by atoms with E-state index in [-0.39, 0.29) is 16.7 Å². The molecule has 0 radical (unpaired) electrons. The Morgan fingerprint density at radius 3 is 2.61 bits per heavy atom. The molecule has 4 amide bonds. The topological polar surface area (TPSA) is 127 Å². The van der Waals surface area contributed by atoms with Gasteiger partial charge in [0.1, 0.15) is 4.88 Å². The maximum Gasteiger partial charge on any atom is 0.349 e. The summed E-state index contributed by atoms with van der Waals surface area (Å²) in [4.78, 5) is 49.0. The van der Waals surface area contributed by atoms with Crippen LogP contribution in [0.4, 0.5) is 9.80 Å². The summed E-state index contributed by atoms with van der Waals surface area (Å²) in [7, 11) is 0. The van der Waals surface area contributed by atoms with Crippen LogP contribution < -0.4 is 16.0 Å². The third-order valence-electron chi connectivity index (χ3n) is 4.92. The molecule has 3 rings (SSSR count). The highest BCUT2D eigenvalue weighted by Gasteiger charge is 2.25. The van der Waals surface area contributed by atoms with Crippen LogP contribution in [0.25, 0.3) is 0 Å². The van der Waals surface area contributed by atoms with E-state index < -0.39 is 29.9 Å². The van der Waals surface area contributed by atoms with E-state index in [2.05, 4.69) is 16.0 Å². The first-order chi connectivity index (χ1) is 14.8. The molecule has 1 aliphatic rings. The standard InChI is InChI=1S/C21H25N3O6S/c1-12-11-16(23-19(26)15-9-6-10-29-15)31-17(12)20(27)30-13(2)18(25)24-21(28)22-14-7-4-3-5-8-14/h6,9-11,13-14H,3-5,7-8H2,1-2H3,(H,23,26)(H2,22,24,25,28). The van der Waals surface area contributed by atoms with Crippen LogP contribution in [0.15, 0.2) is 28.9 Å². The molecule has 0 saturated heterocycles. The van der Waals surface area contributed by atoms with E-state index in [1.807, 2.05) is 0 Å². The monoisotopic (exact) mass is 447 g/mol. The Bertz CT molecular complexity index is 946. The molecular formula is C21H25N3O6S. The molecule has 2 heterocycles. The summed E-state index contributed by atoms with van der Waals surface area (Å²) in [6.07, 6.45) is 5.27. The highest BCUT2D eigenvalue weighted by atomic mass is 32.1. The number of ether oxygens (including phenoxy) is 1. The molecule has 2 aromatic heterocycles. The molecule has 1 atom stereocenters. The van der Waals surface area contributed by atoms with Crippen LogP contribution in [-0.4, -0.2) is 36.0 Å². The summed E-state index contributed by atoms with van der Waals surface area (Å²) >= 11 is 1.02. The average molecular weight is 448 g/mol. The predicted octanol–water partition coefficient (Wildman–Crippen LogP) is 3.61. The van der Waals surface area contributed by atoms with Crippen molar-refractivity contribution < 1.29 is 28.3 Å². The number of nitrogens with one attached hydrogen (secondary N) is 3. The molecule has 1 unspecified atom stereocenters. The second-order valence-corrected chi connectivity index (χ2v) is 8.45. The Morgan fingerprint density at radius 2 is 1.94 bits per heavy atom. The fourth-order valence-electron chi connectivity index (χ4n) is 3.28. The summed E-state index contributed by atoms with van der Waals surface area (Å²) in [5.41, 5.74) is 0.590. The molecule has 0 aromatic carbocycles. The van der Waals surface area contributed by atoms with E-state index in [4.69, 9.17) is 9.15 Å². The maximum atomic E-state index is 12.5. The molecule has 0 spiro atoms. The van der Waals surface area contributed by atoms with E-state index >= 15 is 0 Å². The van der Waals surface area contributed by atoms with Crippen LogP contribution in [0.1, 0.15) is 64.8 Å². The van der Waals surface area contributed by atoms with Crippen LogP contribution in [0.3, 0.4) is 0 Å². The molecular weight excluding hydrogens is 422 g/mol. The lowest BCUT2D eigenvalue weighted by atomic mass is 9.96. The van der Waals surface area contributed by atoms with Crippen molar-refractivity contribution in [1.29, 1.82) is 0 Å². The van der Waals surface area contributed by atoms with Gasteiger partial charge in [0, 0.05) is 6.04 Å². The Kier molecular flexibility index (Phi) is 7.45. The molecule has 166 valence electrons. The van der Waals surface area contributed by atoms with E-state index in [0.717, 1.165) is 43.4 Å². The molecule has 2 aromatic rings. The van der Waals surface area contributed by atoms with Crippen LogP contribution in [0.2, 0.25) is 0 Å². The van der Waals surface area contributed by atoms with Crippen LogP contribution >= 0.6 is 11.3 Å². The highest BCUT2D eigenvalue weighted by Crippen LogP contribution is 2.28. The largest absolute Gasteiger partial charge is 0.459 e. The zero-order valence-electron chi connectivity index (χ0n) is 17.4. The van der Waals surface area contributed by atoms with Crippen molar-refractivity contribution in [3.8, 4) is 0 Å². The predicted molar refractivity (Wildman–Crippen MR) is 114 cm³/mol. The number of esters is 1. The van der Waals surface area contributed by atoms with Gasteiger partial charge < -0.3 is 19.8 Å². The van der Waals surface area contributed by atoms with E-state index in [0.29, 0.717) is 10.6 Å². The Morgan fingerprint density at radius 1 is 1.19 bits per heavy atom. The average Bonchev–Trinajstić information content (AvgIpc) is 3.38. The van der Waals surface area contributed by atoms with Gasteiger partial charge in [-0.25, -0.2) is 9.59 Å². The summed E-state index contributed by atoms with van der Waals surface area (Å²) in [6, 6.07) is 4.22. The number of aryl methyl sites for hydroxylation is 1. The van der Waals surface area contributed by atoms with Crippen molar-refractivity contribution in [1.82, 2.24) is 10.6 Å². The van der Waals surface area contributed by atoms with Crippen LogP contribution in [0, 0.1) is 6.92 Å². The summed E-state index contributed by atoms with van der Waals surface area (Å²) in [5, 5.41) is 8.08. The van der Waals surface area contributed by atoms with Gasteiger partial charge >= 0.3 is 12.0 Å². The number of anilines is 1. The number of hydrogen-bond donors (Lipinski definition) is 3. The summed E-state index contributed by atoms with van der Waals surface area (Å²) in [6.45, 7) is 3.08. The number of carbonyl (C=O) groups is 4. The lowest BCUT2D eigenvalue weighted by Gasteiger charge is -2.23. The number of rotatable bonds is 6. The van der Waals surface area contributed by atoms with Crippen molar-refractivity contribution in [3.05, 3.63) is 40.7 Å². The van der Waals surface area contributed by atoms with Crippen molar-refractivity contribution in [2.24, 2.45) is 0 Å². The minimum Gasteiger partial charge on any atom is -0.459 e. The molecule has 3 N–H and O–H groups in total. The lowest BCUT2D eigenvalue weighted by Crippen LogP contribution is -2.48. The number of imide groups is 1. The van der Waals surface area contributed by atoms with Crippen molar-refractivity contribution >= 4 is 40.2 Å². The number of hydrogen-bond acceptors (Lipinski definition) is 7.